The molecule has 0 aliphatic heterocycles. The fraction of sp³-hybridized carbons (Fsp3) is 0. The summed E-state index contributed by atoms with van der Waals surface area (Å²) < 4.78 is 7.16. The lowest BCUT2D eigenvalue weighted by Gasteiger charge is -2.26. The Labute approximate surface area is 414 Å². The third-order valence-electron chi connectivity index (χ3n) is 14.8. The molecule has 11 aromatic carbocycles. The quantitative estimate of drug-likeness (QED) is 0.149. The first-order valence-corrected chi connectivity index (χ1v) is 24.6. The van der Waals surface area contributed by atoms with Crippen molar-refractivity contribution in [3.63, 3.8) is 0 Å². The molecule has 0 unspecified atom stereocenters. The second-order valence-corrected chi connectivity index (χ2v) is 18.7. The Morgan fingerprint density at radius 1 is 0.264 bits per heavy atom. The van der Waals surface area contributed by atoms with Gasteiger partial charge in [0.05, 0.1) is 44.3 Å². The average Bonchev–Trinajstić information content (AvgIpc) is 4.09. The van der Waals surface area contributed by atoms with Crippen LogP contribution in [0.25, 0.3) is 115 Å². The van der Waals surface area contributed by atoms with Crippen LogP contribution in [0.3, 0.4) is 0 Å². The van der Waals surface area contributed by atoms with Crippen LogP contribution in [-0.2, 0) is 0 Å². The van der Waals surface area contributed by atoms with Crippen LogP contribution < -0.4 is 4.90 Å². The molecule has 336 valence electrons. The van der Waals surface area contributed by atoms with Crippen molar-refractivity contribution < 1.29 is 0 Å². The first kappa shape index (κ1) is 40.2. The molecule has 0 radical (unpaired) electrons. The molecule has 0 fully saturated rings. The van der Waals surface area contributed by atoms with Gasteiger partial charge in [0, 0.05) is 88.2 Å². The van der Waals surface area contributed by atoms with E-state index in [0.29, 0.717) is 0 Å². The zero-order valence-corrected chi connectivity index (χ0v) is 39.1. The van der Waals surface area contributed by atoms with Gasteiger partial charge in [-0.1, -0.05) is 146 Å². The largest absolute Gasteiger partial charge is 0.310 e. The van der Waals surface area contributed by atoms with E-state index in [-0.39, 0.29) is 0 Å². The van der Waals surface area contributed by atoms with Crippen molar-refractivity contribution >= 4 is 104 Å². The van der Waals surface area contributed by atoms with Crippen LogP contribution in [-0.4, -0.2) is 18.7 Å². The van der Waals surface area contributed by atoms with Gasteiger partial charge in [0.1, 0.15) is 0 Å². The smallest absolute Gasteiger partial charge is 0.0788 e. The van der Waals surface area contributed by atoms with Crippen molar-refractivity contribution in [2.75, 3.05) is 4.90 Å². The highest BCUT2D eigenvalue weighted by molar-refractivity contribution is 6.29. The second-order valence-electron chi connectivity index (χ2n) is 18.7. The van der Waals surface area contributed by atoms with Crippen molar-refractivity contribution in [2.24, 2.45) is 0 Å². The van der Waals surface area contributed by atoms with Crippen molar-refractivity contribution in [1.29, 1.82) is 0 Å². The first-order valence-electron chi connectivity index (χ1n) is 24.6. The molecule has 0 aliphatic carbocycles. The molecule has 0 bridgehead atoms. The minimum Gasteiger partial charge on any atom is -0.310 e. The Morgan fingerprint density at radius 3 is 1.21 bits per heavy atom. The number of benzene rings is 11. The molecule has 0 saturated heterocycles. The average molecular weight is 918 g/mol. The predicted octanol–water partition coefficient (Wildman–Crippen LogP) is 17.8. The van der Waals surface area contributed by atoms with E-state index in [2.05, 4.69) is 279 Å². The summed E-state index contributed by atoms with van der Waals surface area (Å²) in [4.78, 5) is 7.89. The molecular formula is C67H43N5. The van der Waals surface area contributed by atoms with E-state index in [0.717, 1.165) is 72.7 Å². The number of rotatable bonds is 7. The highest BCUT2D eigenvalue weighted by atomic mass is 15.1. The van der Waals surface area contributed by atoms with E-state index in [1.807, 2.05) is 0 Å². The van der Waals surface area contributed by atoms with Crippen LogP contribution in [0, 0.1) is 0 Å². The van der Waals surface area contributed by atoms with Gasteiger partial charge in [-0.05, 0) is 115 Å². The molecule has 5 heteroatoms. The number of pyridine rings is 1. The normalized spacial score (nSPS) is 11.9. The lowest BCUT2D eigenvalue weighted by atomic mass is 9.96. The number of aromatic nitrogens is 4. The lowest BCUT2D eigenvalue weighted by molar-refractivity contribution is 1.18. The summed E-state index contributed by atoms with van der Waals surface area (Å²) in [5, 5.41) is 10.8. The van der Waals surface area contributed by atoms with Crippen molar-refractivity contribution in [1.82, 2.24) is 18.7 Å². The van der Waals surface area contributed by atoms with E-state index in [9.17, 15) is 0 Å². The maximum atomic E-state index is 5.47. The minimum absolute atomic E-state index is 0.963. The highest BCUT2D eigenvalue weighted by Crippen LogP contribution is 2.45. The Hall–Kier alpha value is -9.71. The summed E-state index contributed by atoms with van der Waals surface area (Å²) in [6.07, 6.45) is 0. The van der Waals surface area contributed by atoms with Crippen LogP contribution in [0.2, 0.25) is 0 Å². The second kappa shape index (κ2) is 15.9. The SMILES string of the molecule is c1ccc(-n2c3ccccc3c3cc(N(c4ccc(-c5nc6ccccc6c6c5ccc5c6c6ccccc6n5-c5ccccc5)cc4)c4ccc5c(c4)c4ccccc4n5-c4ccccc4)ccc32)cc1. The van der Waals surface area contributed by atoms with Gasteiger partial charge in [0.15, 0.2) is 0 Å². The van der Waals surface area contributed by atoms with E-state index < -0.39 is 0 Å². The molecular weight excluding hydrogens is 875 g/mol. The Bertz CT molecular complexity index is 4450. The predicted molar refractivity (Wildman–Crippen MR) is 302 cm³/mol. The van der Waals surface area contributed by atoms with Crippen LogP contribution in [0.15, 0.2) is 261 Å². The van der Waals surface area contributed by atoms with Gasteiger partial charge in [-0.2, -0.15) is 0 Å². The van der Waals surface area contributed by atoms with Gasteiger partial charge in [0.2, 0.25) is 0 Å². The monoisotopic (exact) mass is 917 g/mol. The molecule has 0 aliphatic rings. The fourth-order valence-corrected chi connectivity index (χ4v) is 11.7. The Balaban J connectivity index is 0.945. The molecule has 0 N–H and O–H groups in total. The third kappa shape index (κ3) is 6.04. The topological polar surface area (TPSA) is 30.9 Å². The molecule has 15 aromatic rings. The van der Waals surface area contributed by atoms with Crippen LogP contribution >= 0.6 is 0 Å². The summed E-state index contributed by atoms with van der Waals surface area (Å²) in [6.45, 7) is 0. The van der Waals surface area contributed by atoms with E-state index in [4.69, 9.17) is 4.98 Å². The van der Waals surface area contributed by atoms with Gasteiger partial charge < -0.3 is 18.6 Å². The number of anilines is 3. The lowest BCUT2D eigenvalue weighted by Crippen LogP contribution is -2.10. The highest BCUT2D eigenvalue weighted by Gasteiger charge is 2.23. The molecule has 15 rings (SSSR count). The summed E-state index contributed by atoms with van der Waals surface area (Å²) in [6, 6.07) is 94.5. The summed E-state index contributed by atoms with van der Waals surface area (Å²) in [5.41, 5.74) is 16.7. The number of nitrogens with zero attached hydrogens (tertiary/aromatic N) is 5. The van der Waals surface area contributed by atoms with Crippen molar-refractivity contribution in [3.05, 3.63) is 261 Å². The number of hydrogen-bond acceptors (Lipinski definition) is 2. The van der Waals surface area contributed by atoms with Crippen LogP contribution in [0.5, 0.6) is 0 Å². The molecule has 0 amide bonds. The standard InChI is InChI=1S/C67H43N5/c1-4-18-45(19-5-1)70-59-29-15-11-24-51(59)56-42-49(36-39-62(56)70)69(50-37-40-63-57(43-50)52-25-12-16-30-60(52)71(63)46-20-6-2-7-21-46)48-34-32-44(33-35-48)67-55-38-41-64-66(65(55)53-26-10-14-28-58(53)68-67)54-27-13-17-31-61(54)72(64)47-22-8-3-9-23-47/h1-43H. The molecule has 4 aromatic heterocycles. The Morgan fingerprint density at radius 2 is 0.667 bits per heavy atom. The van der Waals surface area contributed by atoms with Gasteiger partial charge >= 0.3 is 0 Å². The third-order valence-corrected chi connectivity index (χ3v) is 14.8. The molecule has 4 heterocycles. The van der Waals surface area contributed by atoms with Gasteiger partial charge in [-0.3, -0.25) is 0 Å². The summed E-state index contributed by atoms with van der Waals surface area (Å²) in [7, 11) is 0. The molecule has 0 atom stereocenters. The maximum absolute atomic E-state index is 5.47. The van der Waals surface area contributed by atoms with Crippen LogP contribution in [0.4, 0.5) is 17.1 Å². The van der Waals surface area contributed by atoms with Crippen molar-refractivity contribution in [2.45, 2.75) is 0 Å². The maximum Gasteiger partial charge on any atom is 0.0788 e. The zero-order chi connectivity index (χ0) is 47.3. The molecule has 0 saturated carbocycles. The summed E-state index contributed by atoms with van der Waals surface area (Å²) >= 11 is 0. The molecule has 0 spiro atoms. The number of hydrogen-bond donors (Lipinski definition) is 0. The van der Waals surface area contributed by atoms with Crippen molar-refractivity contribution in [3.8, 4) is 28.3 Å². The Kier molecular flexibility index (Phi) is 8.89. The zero-order valence-electron chi connectivity index (χ0n) is 39.1. The fourth-order valence-electron chi connectivity index (χ4n) is 11.7. The van der Waals surface area contributed by atoms with Gasteiger partial charge in [0.25, 0.3) is 0 Å². The number of fused-ring (bicyclic) bond motifs is 13. The summed E-state index contributed by atoms with van der Waals surface area (Å²) in [5.74, 6) is 0. The molecule has 5 nitrogen and oxygen atoms in total. The number of para-hydroxylation sites is 7. The molecule has 72 heavy (non-hydrogen) atoms. The van der Waals surface area contributed by atoms with E-state index in [1.54, 1.807) is 0 Å². The van der Waals surface area contributed by atoms with E-state index in [1.165, 1.54) is 59.8 Å². The van der Waals surface area contributed by atoms with E-state index >= 15 is 0 Å². The van der Waals surface area contributed by atoms with Gasteiger partial charge in [-0.25, -0.2) is 4.98 Å². The first-order chi connectivity index (χ1) is 35.7. The van der Waals surface area contributed by atoms with Crippen LogP contribution in [0.1, 0.15) is 0 Å². The van der Waals surface area contributed by atoms with Gasteiger partial charge in [-0.15, -0.1) is 0 Å². The minimum atomic E-state index is 0.963.